The van der Waals surface area contributed by atoms with Crippen LogP contribution in [0.1, 0.15) is 48.9 Å². The van der Waals surface area contributed by atoms with Gasteiger partial charge in [0, 0.05) is 12.5 Å². The van der Waals surface area contributed by atoms with Crippen LogP contribution in [-0.2, 0) is 4.79 Å². The van der Waals surface area contributed by atoms with E-state index in [1.54, 1.807) is 0 Å². The summed E-state index contributed by atoms with van der Waals surface area (Å²) in [5.41, 5.74) is -1.23. The van der Waals surface area contributed by atoms with E-state index in [2.05, 4.69) is 0 Å². The Balaban J connectivity index is 2.24. The second-order valence-electron chi connectivity index (χ2n) is 5.62. The van der Waals surface area contributed by atoms with Crippen molar-refractivity contribution in [2.45, 2.75) is 38.5 Å². The molecule has 1 saturated carbocycles. The van der Waals surface area contributed by atoms with Gasteiger partial charge in [0.2, 0.25) is 0 Å². The molecular formula is C15H15F3O3. The molecule has 1 fully saturated rings. The van der Waals surface area contributed by atoms with E-state index < -0.39 is 40.2 Å². The smallest absolute Gasteiger partial charge is 0.303 e. The molecule has 0 amide bonds. The van der Waals surface area contributed by atoms with Crippen molar-refractivity contribution in [3.05, 3.63) is 35.1 Å². The summed E-state index contributed by atoms with van der Waals surface area (Å²) in [5.74, 6) is -5.48. The number of hydrogen-bond acceptors (Lipinski definition) is 2. The SMILES string of the molecule is O=C(O)CC1(CC(=O)c2cc(F)c(F)cc2F)CCCC1. The van der Waals surface area contributed by atoms with Crippen LogP contribution in [0.4, 0.5) is 13.2 Å². The zero-order valence-corrected chi connectivity index (χ0v) is 11.3. The van der Waals surface area contributed by atoms with Gasteiger partial charge in [0.05, 0.1) is 12.0 Å². The predicted molar refractivity (Wildman–Crippen MR) is 68.4 cm³/mol. The fourth-order valence-electron chi connectivity index (χ4n) is 3.03. The van der Waals surface area contributed by atoms with Crippen LogP contribution in [0.2, 0.25) is 0 Å². The standard InChI is InChI=1S/C15H15F3O3/c16-10-6-12(18)11(17)5-9(10)13(19)7-15(8-14(20)21)3-1-2-4-15/h5-6H,1-4,7-8H2,(H,20,21). The molecule has 0 aromatic heterocycles. The van der Waals surface area contributed by atoms with Crippen LogP contribution in [0.25, 0.3) is 0 Å². The zero-order valence-electron chi connectivity index (χ0n) is 11.3. The highest BCUT2D eigenvalue weighted by molar-refractivity contribution is 5.97. The lowest BCUT2D eigenvalue weighted by Gasteiger charge is -2.26. The number of carbonyl (C=O) groups excluding carboxylic acids is 1. The molecule has 0 atom stereocenters. The first-order valence-corrected chi connectivity index (χ1v) is 6.72. The number of hydrogen-bond donors (Lipinski definition) is 1. The molecule has 1 aliphatic rings. The molecule has 1 N–H and O–H groups in total. The largest absolute Gasteiger partial charge is 0.481 e. The molecule has 0 bridgehead atoms. The molecule has 1 aromatic rings. The number of halogens is 3. The summed E-state index contributed by atoms with van der Waals surface area (Å²) in [6.07, 6.45) is 2.40. The van der Waals surface area contributed by atoms with Gasteiger partial charge in [0.1, 0.15) is 5.82 Å². The van der Waals surface area contributed by atoms with Crippen molar-refractivity contribution in [1.82, 2.24) is 0 Å². The van der Waals surface area contributed by atoms with Crippen molar-refractivity contribution in [1.29, 1.82) is 0 Å². The molecule has 0 radical (unpaired) electrons. The topological polar surface area (TPSA) is 54.4 Å². The quantitative estimate of drug-likeness (QED) is 0.666. The van der Waals surface area contributed by atoms with E-state index in [0.717, 1.165) is 12.8 Å². The minimum absolute atomic E-state index is 0.165. The second kappa shape index (κ2) is 5.87. The van der Waals surface area contributed by atoms with Crippen LogP contribution in [0.5, 0.6) is 0 Å². The summed E-state index contributed by atoms with van der Waals surface area (Å²) in [6.45, 7) is 0. The maximum absolute atomic E-state index is 13.6. The average Bonchev–Trinajstić information content (AvgIpc) is 2.80. The van der Waals surface area contributed by atoms with Crippen LogP contribution in [-0.4, -0.2) is 16.9 Å². The van der Waals surface area contributed by atoms with Gasteiger partial charge in [-0.3, -0.25) is 9.59 Å². The van der Waals surface area contributed by atoms with Crippen molar-refractivity contribution >= 4 is 11.8 Å². The average molecular weight is 300 g/mol. The van der Waals surface area contributed by atoms with Gasteiger partial charge in [-0.15, -0.1) is 0 Å². The van der Waals surface area contributed by atoms with Gasteiger partial charge in [-0.1, -0.05) is 12.8 Å². The summed E-state index contributed by atoms with van der Waals surface area (Å²) in [7, 11) is 0. The molecule has 3 nitrogen and oxygen atoms in total. The molecule has 0 saturated heterocycles. The first kappa shape index (κ1) is 15.5. The molecule has 0 heterocycles. The van der Waals surface area contributed by atoms with Crippen LogP contribution >= 0.6 is 0 Å². The minimum atomic E-state index is -1.36. The summed E-state index contributed by atoms with van der Waals surface area (Å²) < 4.78 is 39.6. The van der Waals surface area contributed by atoms with E-state index >= 15 is 0 Å². The monoisotopic (exact) mass is 300 g/mol. The normalized spacial score (nSPS) is 16.9. The first-order valence-electron chi connectivity index (χ1n) is 6.72. The highest BCUT2D eigenvalue weighted by Crippen LogP contribution is 2.44. The van der Waals surface area contributed by atoms with Gasteiger partial charge in [-0.25, -0.2) is 13.2 Å². The summed E-state index contributed by atoms with van der Waals surface area (Å²) in [6, 6.07) is 0.873. The van der Waals surface area contributed by atoms with E-state index in [0.29, 0.717) is 25.0 Å². The van der Waals surface area contributed by atoms with Crippen molar-refractivity contribution in [3.63, 3.8) is 0 Å². The Labute approximate surface area is 119 Å². The van der Waals surface area contributed by atoms with Gasteiger partial charge in [0.15, 0.2) is 17.4 Å². The Morgan fingerprint density at radius 3 is 2.14 bits per heavy atom. The van der Waals surface area contributed by atoms with Crippen LogP contribution < -0.4 is 0 Å². The second-order valence-corrected chi connectivity index (χ2v) is 5.62. The Kier molecular flexibility index (Phi) is 4.34. The molecule has 21 heavy (non-hydrogen) atoms. The number of carboxylic acids is 1. The summed E-state index contributed by atoms with van der Waals surface area (Å²) in [5, 5.41) is 8.96. The van der Waals surface area contributed by atoms with Gasteiger partial charge in [0.25, 0.3) is 0 Å². The molecule has 114 valence electrons. The van der Waals surface area contributed by atoms with Crippen LogP contribution in [0, 0.1) is 22.9 Å². The van der Waals surface area contributed by atoms with Gasteiger partial charge in [-0.05, 0) is 24.3 Å². The molecule has 1 aliphatic carbocycles. The molecule has 0 aliphatic heterocycles. The Morgan fingerprint density at radius 2 is 1.57 bits per heavy atom. The Bertz CT molecular complexity index is 578. The fourth-order valence-corrected chi connectivity index (χ4v) is 3.03. The first-order chi connectivity index (χ1) is 9.83. The molecule has 1 aromatic carbocycles. The third-order valence-electron chi connectivity index (χ3n) is 4.04. The predicted octanol–water partition coefficient (Wildman–Crippen LogP) is 3.71. The fraction of sp³-hybridized carbons (Fsp3) is 0.467. The van der Waals surface area contributed by atoms with Gasteiger partial charge in [-0.2, -0.15) is 0 Å². The minimum Gasteiger partial charge on any atom is -0.481 e. The van der Waals surface area contributed by atoms with Gasteiger partial charge >= 0.3 is 5.97 Å². The van der Waals surface area contributed by atoms with E-state index in [4.69, 9.17) is 5.11 Å². The third kappa shape index (κ3) is 3.43. The lowest BCUT2D eigenvalue weighted by atomic mass is 9.77. The third-order valence-corrected chi connectivity index (χ3v) is 4.04. The van der Waals surface area contributed by atoms with Crippen LogP contribution in [0.15, 0.2) is 12.1 Å². The van der Waals surface area contributed by atoms with Crippen molar-refractivity contribution < 1.29 is 27.9 Å². The van der Waals surface area contributed by atoms with E-state index in [-0.39, 0.29) is 12.8 Å². The Hall–Kier alpha value is -1.85. The highest BCUT2D eigenvalue weighted by Gasteiger charge is 2.38. The number of ketones is 1. The molecule has 0 spiro atoms. The summed E-state index contributed by atoms with van der Waals surface area (Å²) in [4.78, 5) is 23.1. The number of Topliss-reactive ketones (excluding diaryl/α,β-unsaturated/α-hetero) is 1. The number of rotatable bonds is 5. The van der Waals surface area contributed by atoms with Crippen LogP contribution in [0.3, 0.4) is 0 Å². The zero-order chi connectivity index (χ0) is 15.6. The lowest BCUT2D eigenvalue weighted by molar-refractivity contribution is -0.139. The maximum atomic E-state index is 13.6. The van der Waals surface area contributed by atoms with E-state index in [1.807, 2.05) is 0 Å². The molecule has 6 heteroatoms. The van der Waals surface area contributed by atoms with Crippen molar-refractivity contribution in [2.24, 2.45) is 5.41 Å². The maximum Gasteiger partial charge on any atom is 0.303 e. The highest BCUT2D eigenvalue weighted by atomic mass is 19.2. The van der Waals surface area contributed by atoms with Crippen molar-refractivity contribution in [2.75, 3.05) is 0 Å². The van der Waals surface area contributed by atoms with Crippen molar-refractivity contribution in [3.8, 4) is 0 Å². The Morgan fingerprint density at radius 1 is 1.00 bits per heavy atom. The summed E-state index contributed by atoms with van der Waals surface area (Å²) >= 11 is 0. The van der Waals surface area contributed by atoms with E-state index in [9.17, 15) is 22.8 Å². The molecule has 0 unspecified atom stereocenters. The molecule has 2 rings (SSSR count). The number of carboxylic acid groups (broad SMARTS) is 1. The number of benzene rings is 1. The van der Waals surface area contributed by atoms with Gasteiger partial charge < -0.3 is 5.11 Å². The number of carbonyl (C=O) groups is 2. The number of aliphatic carboxylic acids is 1. The van der Waals surface area contributed by atoms with E-state index in [1.165, 1.54) is 0 Å². The molecular weight excluding hydrogens is 285 g/mol. The lowest BCUT2D eigenvalue weighted by Crippen LogP contribution is -2.25.